The van der Waals surface area contributed by atoms with Gasteiger partial charge in [0.1, 0.15) is 5.69 Å². The number of likely N-dealkylation sites (N-methyl/N-ethyl adjacent to an activating group) is 1. The fourth-order valence-electron chi connectivity index (χ4n) is 3.83. The zero-order valence-corrected chi connectivity index (χ0v) is 18.6. The Morgan fingerprint density at radius 2 is 1.67 bits per heavy atom. The average Bonchev–Trinajstić information content (AvgIpc) is 3.21. The normalized spacial score (nSPS) is 13.2. The SMILES string of the molecule is CN(Cc1ccccc1)C(=O)CNC(=O)c1cc2n(n1)CCCN(Cc1ccccc1)C2=O. The molecule has 0 saturated carbocycles. The molecule has 0 bridgehead atoms. The lowest BCUT2D eigenvalue weighted by Crippen LogP contribution is -2.38. The lowest BCUT2D eigenvalue weighted by atomic mass is 10.2. The van der Waals surface area contributed by atoms with Crippen LogP contribution in [0.5, 0.6) is 0 Å². The molecule has 2 aromatic carbocycles. The standard InChI is InChI=1S/C25H27N5O3/c1-28(17-19-9-4-2-5-10-19)23(31)16-26-24(32)21-15-22-25(33)29(13-8-14-30(22)27-21)18-20-11-6-3-7-12-20/h2-7,9-12,15H,8,13-14,16-18H2,1H3,(H,26,32). The van der Waals surface area contributed by atoms with E-state index in [1.54, 1.807) is 21.5 Å². The van der Waals surface area contributed by atoms with Gasteiger partial charge in [-0.1, -0.05) is 60.7 Å². The smallest absolute Gasteiger partial charge is 0.272 e. The van der Waals surface area contributed by atoms with Gasteiger partial charge in [-0.05, 0) is 17.5 Å². The third kappa shape index (κ3) is 5.46. The van der Waals surface area contributed by atoms with Gasteiger partial charge in [0.15, 0.2) is 5.69 Å². The van der Waals surface area contributed by atoms with Gasteiger partial charge in [-0.2, -0.15) is 5.10 Å². The van der Waals surface area contributed by atoms with E-state index in [1.807, 2.05) is 60.7 Å². The summed E-state index contributed by atoms with van der Waals surface area (Å²) >= 11 is 0. The third-order valence-corrected chi connectivity index (χ3v) is 5.62. The first-order chi connectivity index (χ1) is 16.0. The lowest BCUT2D eigenvalue weighted by molar-refractivity contribution is -0.129. The molecule has 1 aromatic heterocycles. The van der Waals surface area contributed by atoms with Crippen LogP contribution in [-0.2, 0) is 24.4 Å². The number of hydrogen-bond acceptors (Lipinski definition) is 4. The second-order valence-corrected chi connectivity index (χ2v) is 8.12. The molecule has 0 spiro atoms. The summed E-state index contributed by atoms with van der Waals surface area (Å²) < 4.78 is 1.59. The second-order valence-electron chi connectivity index (χ2n) is 8.12. The van der Waals surface area contributed by atoms with Crippen molar-refractivity contribution in [2.24, 2.45) is 0 Å². The van der Waals surface area contributed by atoms with Crippen LogP contribution in [0, 0.1) is 0 Å². The second kappa shape index (κ2) is 10.1. The number of hydrogen-bond donors (Lipinski definition) is 1. The maximum atomic E-state index is 13.1. The van der Waals surface area contributed by atoms with E-state index in [4.69, 9.17) is 0 Å². The van der Waals surface area contributed by atoms with Crippen LogP contribution in [0.3, 0.4) is 0 Å². The number of rotatable bonds is 7. The molecule has 0 radical (unpaired) electrons. The molecule has 4 rings (SSSR count). The molecule has 8 nitrogen and oxygen atoms in total. The molecular formula is C25H27N5O3. The number of nitrogens with zero attached hydrogens (tertiary/aromatic N) is 4. The summed E-state index contributed by atoms with van der Waals surface area (Å²) in [7, 11) is 1.69. The largest absolute Gasteiger partial charge is 0.342 e. The Bertz CT molecular complexity index is 1130. The van der Waals surface area contributed by atoms with Gasteiger partial charge in [0.2, 0.25) is 5.91 Å². The van der Waals surface area contributed by atoms with Gasteiger partial charge in [-0.15, -0.1) is 0 Å². The van der Waals surface area contributed by atoms with Crippen LogP contribution in [-0.4, -0.2) is 57.4 Å². The van der Waals surface area contributed by atoms with Crippen molar-refractivity contribution in [1.29, 1.82) is 0 Å². The highest BCUT2D eigenvalue weighted by Gasteiger charge is 2.26. The first kappa shape index (κ1) is 22.3. The number of benzene rings is 2. The maximum Gasteiger partial charge on any atom is 0.272 e. The van der Waals surface area contributed by atoms with Crippen LogP contribution in [0.25, 0.3) is 0 Å². The fourth-order valence-corrected chi connectivity index (χ4v) is 3.83. The van der Waals surface area contributed by atoms with Crippen LogP contribution in [0.1, 0.15) is 38.5 Å². The molecule has 0 unspecified atom stereocenters. The van der Waals surface area contributed by atoms with Crippen molar-refractivity contribution in [2.75, 3.05) is 20.1 Å². The molecule has 8 heteroatoms. The fraction of sp³-hybridized carbons (Fsp3) is 0.280. The number of aryl methyl sites for hydroxylation is 1. The van der Waals surface area contributed by atoms with Gasteiger partial charge in [0, 0.05) is 39.3 Å². The minimum absolute atomic E-state index is 0.137. The van der Waals surface area contributed by atoms with Crippen molar-refractivity contribution in [1.82, 2.24) is 24.9 Å². The van der Waals surface area contributed by atoms with E-state index in [0.29, 0.717) is 31.9 Å². The summed E-state index contributed by atoms with van der Waals surface area (Å²) in [6.07, 6.45) is 0.747. The topological polar surface area (TPSA) is 87.5 Å². The maximum absolute atomic E-state index is 13.1. The summed E-state index contributed by atoms with van der Waals surface area (Å²) in [5.74, 6) is -0.834. The highest BCUT2D eigenvalue weighted by molar-refractivity contribution is 5.99. The summed E-state index contributed by atoms with van der Waals surface area (Å²) in [6.45, 7) is 2.01. The molecule has 2 heterocycles. The Morgan fingerprint density at radius 1 is 1.00 bits per heavy atom. The van der Waals surface area contributed by atoms with Crippen LogP contribution in [0.2, 0.25) is 0 Å². The van der Waals surface area contributed by atoms with Gasteiger partial charge in [0.05, 0.1) is 6.54 Å². The molecule has 170 valence electrons. The van der Waals surface area contributed by atoms with Gasteiger partial charge in [-0.25, -0.2) is 0 Å². The molecule has 3 aromatic rings. The van der Waals surface area contributed by atoms with Gasteiger partial charge >= 0.3 is 0 Å². The summed E-state index contributed by atoms with van der Waals surface area (Å²) in [5, 5.41) is 6.95. The van der Waals surface area contributed by atoms with Crippen molar-refractivity contribution in [3.8, 4) is 0 Å². The number of carbonyl (C=O) groups is 3. The minimum Gasteiger partial charge on any atom is -0.342 e. The summed E-state index contributed by atoms with van der Waals surface area (Å²) in [6, 6.07) is 21.0. The van der Waals surface area contributed by atoms with E-state index in [2.05, 4.69) is 10.4 Å². The molecule has 1 N–H and O–H groups in total. The first-order valence-electron chi connectivity index (χ1n) is 11.0. The van der Waals surface area contributed by atoms with Crippen LogP contribution >= 0.6 is 0 Å². The van der Waals surface area contributed by atoms with Gasteiger partial charge in [-0.3, -0.25) is 19.1 Å². The molecule has 1 aliphatic rings. The lowest BCUT2D eigenvalue weighted by Gasteiger charge is -2.20. The molecule has 1 aliphatic heterocycles. The van der Waals surface area contributed by atoms with E-state index < -0.39 is 5.91 Å². The summed E-state index contributed by atoms with van der Waals surface area (Å²) in [5.41, 5.74) is 2.59. The van der Waals surface area contributed by atoms with Crippen LogP contribution in [0.4, 0.5) is 0 Å². The molecule has 33 heavy (non-hydrogen) atoms. The third-order valence-electron chi connectivity index (χ3n) is 5.62. The van der Waals surface area contributed by atoms with E-state index in [-0.39, 0.29) is 24.1 Å². The molecule has 0 atom stereocenters. The van der Waals surface area contributed by atoms with E-state index >= 15 is 0 Å². The van der Waals surface area contributed by atoms with Crippen molar-refractivity contribution < 1.29 is 14.4 Å². The molecule has 3 amide bonds. The summed E-state index contributed by atoms with van der Waals surface area (Å²) in [4.78, 5) is 41.5. The number of fused-ring (bicyclic) bond motifs is 1. The minimum atomic E-state index is -0.473. The number of nitrogens with one attached hydrogen (secondary N) is 1. The average molecular weight is 446 g/mol. The number of carbonyl (C=O) groups excluding carboxylic acids is 3. The predicted octanol–water partition coefficient (Wildman–Crippen LogP) is 2.32. The van der Waals surface area contributed by atoms with Crippen molar-refractivity contribution >= 4 is 17.7 Å². The quantitative estimate of drug-likeness (QED) is 0.605. The molecule has 0 aliphatic carbocycles. The first-order valence-corrected chi connectivity index (χ1v) is 11.0. The van der Waals surface area contributed by atoms with Crippen molar-refractivity contribution in [2.45, 2.75) is 26.1 Å². The van der Waals surface area contributed by atoms with Crippen LogP contribution in [0.15, 0.2) is 66.7 Å². The molecular weight excluding hydrogens is 418 g/mol. The zero-order chi connectivity index (χ0) is 23.2. The van der Waals surface area contributed by atoms with E-state index in [1.165, 1.54) is 6.07 Å². The highest BCUT2D eigenvalue weighted by atomic mass is 16.2. The Morgan fingerprint density at radius 3 is 2.36 bits per heavy atom. The monoisotopic (exact) mass is 445 g/mol. The molecule has 0 saturated heterocycles. The van der Waals surface area contributed by atoms with Gasteiger partial charge < -0.3 is 15.1 Å². The van der Waals surface area contributed by atoms with E-state index in [0.717, 1.165) is 17.5 Å². The number of amides is 3. The zero-order valence-electron chi connectivity index (χ0n) is 18.6. The van der Waals surface area contributed by atoms with E-state index in [9.17, 15) is 14.4 Å². The van der Waals surface area contributed by atoms with Gasteiger partial charge in [0.25, 0.3) is 11.8 Å². The van der Waals surface area contributed by atoms with Crippen LogP contribution < -0.4 is 5.32 Å². The Balaban J connectivity index is 1.37. The predicted molar refractivity (Wildman–Crippen MR) is 123 cm³/mol. The highest BCUT2D eigenvalue weighted by Crippen LogP contribution is 2.16. The Kier molecular flexibility index (Phi) is 6.83. The molecule has 0 fully saturated rings. The van der Waals surface area contributed by atoms with Crippen molar-refractivity contribution in [3.63, 3.8) is 0 Å². The Hall–Kier alpha value is -3.94. The Labute approximate surface area is 192 Å². The number of aromatic nitrogens is 2. The van der Waals surface area contributed by atoms with Crippen molar-refractivity contribution in [3.05, 3.63) is 89.2 Å².